The number of hydrogen-bond acceptors (Lipinski definition) is 9. The lowest BCUT2D eigenvalue weighted by Crippen LogP contribution is -2.67. The van der Waals surface area contributed by atoms with Crippen LogP contribution in [-0.4, -0.2) is 60.7 Å². The van der Waals surface area contributed by atoms with E-state index in [0.29, 0.717) is 12.8 Å². The van der Waals surface area contributed by atoms with Gasteiger partial charge in [-0.25, -0.2) is 0 Å². The molecule has 2 atom stereocenters. The number of rotatable bonds is 24. The Morgan fingerprint density at radius 2 is 0.951 bits per heavy atom. The Bertz CT molecular complexity index is 766. The summed E-state index contributed by atoms with van der Waals surface area (Å²) in [5, 5.41) is 2.65. The summed E-state index contributed by atoms with van der Waals surface area (Å²) < 4.78 is 21.6. The molecule has 0 aromatic heterocycles. The summed E-state index contributed by atoms with van der Waals surface area (Å²) in [4.78, 5) is 59.8. The zero-order valence-corrected chi connectivity index (χ0v) is 26.3. The molecule has 1 amide bonds. The highest BCUT2D eigenvalue weighted by Gasteiger charge is 2.50. The Kier molecular flexibility index (Phi) is 21.5. The van der Waals surface area contributed by atoms with E-state index in [-0.39, 0.29) is 0 Å². The van der Waals surface area contributed by atoms with Crippen LogP contribution in [0.1, 0.15) is 138 Å². The molecule has 0 aliphatic carbocycles. The van der Waals surface area contributed by atoms with Crippen LogP contribution in [0.5, 0.6) is 0 Å². The third kappa shape index (κ3) is 20.0. The normalized spacial score (nSPS) is 12.6. The predicted octanol–water partition coefficient (Wildman–Crippen LogP) is 5.72. The van der Waals surface area contributed by atoms with Crippen LogP contribution in [0.15, 0.2) is 0 Å². The number of ether oxygens (including phenoxy) is 4. The monoisotopic (exact) mass is 585 g/mol. The maximum atomic E-state index is 12.2. The Hall–Kier alpha value is -2.65. The average Bonchev–Trinajstić information content (AvgIpc) is 2.88. The van der Waals surface area contributed by atoms with Gasteiger partial charge in [-0.1, -0.05) is 90.4 Å². The van der Waals surface area contributed by atoms with Crippen molar-refractivity contribution in [3.8, 4) is 0 Å². The molecule has 0 spiro atoms. The number of carbonyl (C=O) groups excluding carboxylic acids is 5. The van der Waals surface area contributed by atoms with E-state index < -0.39 is 60.7 Å². The van der Waals surface area contributed by atoms with Crippen LogP contribution in [0.25, 0.3) is 0 Å². The zero-order chi connectivity index (χ0) is 31.1. The van der Waals surface area contributed by atoms with Crippen LogP contribution >= 0.6 is 0 Å². The minimum atomic E-state index is -1.68. The van der Waals surface area contributed by atoms with Crippen molar-refractivity contribution in [2.24, 2.45) is 0 Å². The molecule has 0 heterocycles. The van der Waals surface area contributed by atoms with Crippen molar-refractivity contribution in [2.45, 2.75) is 156 Å². The van der Waals surface area contributed by atoms with Crippen LogP contribution in [0.4, 0.5) is 0 Å². The van der Waals surface area contributed by atoms with Gasteiger partial charge in [0.15, 0.2) is 6.10 Å². The van der Waals surface area contributed by atoms with Gasteiger partial charge in [-0.05, 0) is 12.8 Å². The molecule has 0 saturated heterocycles. The first kappa shape index (κ1) is 38.4. The largest absolute Gasteiger partial charge is 0.463 e. The van der Waals surface area contributed by atoms with Crippen LogP contribution in [0.2, 0.25) is 0 Å². The fraction of sp³-hybridized carbons (Fsp3) is 0.839. The minimum Gasteiger partial charge on any atom is -0.463 e. The second-order valence-corrected chi connectivity index (χ2v) is 11.0. The van der Waals surface area contributed by atoms with Gasteiger partial charge in [-0.15, -0.1) is 0 Å². The van der Waals surface area contributed by atoms with E-state index in [0.717, 1.165) is 19.3 Å². The predicted molar refractivity (Wildman–Crippen MR) is 156 cm³/mol. The van der Waals surface area contributed by atoms with Crippen LogP contribution in [-0.2, 0) is 42.9 Å². The average molecular weight is 586 g/mol. The highest BCUT2D eigenvalue weighted by atomic mass is 16.6. The number of esters is 4. The van der Waals surface area contributed by atoms with E-state index in [9.17, 15) is 24.0 Å². The molecule has 0 rings (SSSR count). The number of hydrogen-bond donors (Lipinski definition) is 1. The summed E-state index contributed by atoms with van der Waals surface area (Å²) >= 11 is 0. The quantitative estimate of drug-likeness (QED) is 0.0857. The number of unbranched alkanes of at least 4 members (excludes halogenated alkanes) is 13. The first-order valence-corrected chi connectivity index (χ1v) is 15.3. The third-order valence-electron chi connectivity index (χ3n) is 6.83. The van der Waals surface area contributed by atoms with Gasteiger partial charge in [0.1, 0.15) is 24.9 Å². The number of nitrogens with one attached hydrogen (secondary N) is 1. The molecule has 0 aliphatic heterocycles. The fourth-order valence-electron chi connectivity index (χ4n) is 4.91. The van der Waals surface area contributed by atoms with E-state index in [2.05, 4.69) is 12.2 Å². The maximum Gasteiger partial charge on any atom is 0.303 e. The van der Waals surface area contributed by atoms with Gasteiger partial charge in [0.25, 0.3) is 0 Å². The van der Waals surface area contributed by atoms with Crippen molar-refractivity contribution in [2.75, 3.05) is 13.2 Å². The molecule has 0 saturated carbocycles. The smallest absolute Gasteiger partial charge is 0.303 e. The van der Waals surface area contributed by atoms with Crippen molar-refractivity contribution in [3.05, 3.63) is 0 Å². The standard InChI is InChI=1S/C31H55NO9/c1-7-8-9-10-11-12-13-14-15-16-17-18-19-20-21-29(40-27(5)36)30(41-28(6)37)31(32-24(2)33,22-38-25(3)34)23-39-26(4)35/h29-30H,7-23H2,1-6H3,(H,32,33)/t29-,30+/m1/s1. The lowest BCUT2D eigenvalue weighted by Gasteiger charge is -2.42. The van der Waals surface area contributed by atoms with E-state index in [1.165, 1.54) is 98.8 Å². The number of carbonyl (C=O) groups is 5. The summed E-state index contributed by atoms with van der Waals surface area (Å²) in [6.45, 7) is 7.32. The second kappa shape index (κ2) is 23.0. The molecule has 0 aromatic carbocycles. The molecule has 0 unspecified atom stereocenters. The van der Waals surface area contributed by atoms with Crippen LogP contribution < -0.4 is 5.32 Å². The Morgan fingerprint density at radius 1 is 0.561 bits per heavy atom. The first-order chi connectivity index (χ1) is 19.4. The van der Waals surface area contributed by atoms with Crippen LogP contribution in [0, 0.1) is 0 Å². The SMILES string of the molecule is CCCCCCCCCCCCCCCC[C@@H](OC(C)=O)[C@H](OC(C)=O)C(COC(C)=O)(COC(C)=O)NC(C)=O. The van der Waals surface area contributed by atoms with Crippen molar-refractivity contribution in [3.63, 3.8) is 0 Å². The molecule has 0 aliphatic rings. The highest BCUT2D eigenvalue weighted by molar-refractivity contribution is 5.75. The molecule has 0 bridgehead atoms. The van der Waals surface area contributed by atoms with E-state index >= 15 is 0 Å². The molecule has 1 N–H and O–H groups in total. The summed E-state index contributed by atoms with van der Waals surface area (Å²) in [5.74, 6) is -3.15. The van der Waals surface area contributed by atoms with Crippen LogP contribution in [0.3, 0.4) is 0 Å². The molecule has 10 heteroatoms. The van der Waals surface area contributed by atoms with Crippen molar-refractivity contribution in [1.82, 2.24) is 5.32 Å². The molecule has 10 nitrogen and oxygen atoms in total. The van der Waals surface area contributed by atoms with Gasteiger partial charge in [0, 0.05) is 34.6 Å². The Balaban J connectivity index is 5.24. The third-order valence-corrected chi connectivity index (χ3v) is 6.83. The molecular formula is C31H55NO9. The lowest BCUT2D eigenvalue weighted by atomic mass is 9.87. The van der Waals surface area contributed by atoms with Gasteiger partial charge in [0.05, 0.1) is 0 Å². The molecule has 238 valence electrons. The zero-order valence-electron chi connectivity index (χ0n) is 26.3. The van der Waals surface area contributed by atoms with Gasteiger partial charge < -0.3 is 24.3 Å². The summed E-state index contributed by atoms with van der Waals surface area (Å²) in [5.41, 5.74) is -1.68. The number of amides is 1. The van der Waals surface area contributed by atoms with Gasteiger partial charge in [-0.3, -0.25) is 24.0 Å². The van der Waals surface area contributed by atoms with Gasteiger partial charge in [0.2, 0.25) is 5.91 Å². The molecule has 0 radical (unpaired) electrons. The molecule has 0 aromatic rings. The fourth-order valence-corrected chi connectivity index (χ4v) is 4.91. The minimum absolute atomic E-state index is 0.330. The topological polar surface area (TPSA) is 134 Å². The van der Waals surface area contributed by atoms with Gasteiger partial charge >= 0.3 is 23.9 Å². The summed E-state index contributed by atoms with van der Waals surface area (Å²) in [6, 6.07) is 0. The second-order valence-electron chi connectivity index (χ2n) is 11.0. The highest BCUT2D eigenvalue weighted by Crippen LogP contribution is 2.26. The molecule has 41 heavy (non-hydrogen) atoms. The maximum absolute atomic E-state index is 12.2. The van der Waals surface area contributed by atoms with Crippen molar-refractivity contribution >= 4 is 29.8 Å². The first-order valence-electron chi connectivity index (χ1n) is 15.3. The van der Waals surface area contributed by atoms with E-state index in [1.54, 1.807) is 0 Å². The van der Waals surface area contributed by atoms with E-state index in [1.807, 2.05) is 0 Å². The molecular weight excluding hydrogens is 530 g/mol. The van der Waals surface area contributed by atoms with Gasteiger partial charge in [-0.2, -0.15) is 0 Å². The molecule has 0 fully saturated rings. The lowest BCUT2D eigenvalue weighted by molar-refractivity contribution is -0.184. The van der Waals surface area contributed by atoms with Crippen molar-refractivity contribution < 1.29 is 42.9 Å². The summed E-state index contributed by atoms with van der Waals surface area (Å²) in [7, 11) is 0. The Labute approximate surface area is 246 Å². The van der Waals surface area contributed by atoms with Crippen molar-refractivity contribution in [1.29, 1.82) is 0 Å². The Morgan fingerprint density at radius 3 is 1.29 bits per heavy atom. The summed E-state index contributed by atoms with van der Waals surface area (Å²) in [6.07, 6.45) is 14.7. The van der Waals surface area contributed by atoms with E-state index in [4.69, 9.17) is 18.9 Å².